The summed E-state index contributed by atoms with van der Waals surface area (Å²) in [4.78, 5) is 2.55. The maximum absolute atomic E-state index is 3.63. The number of anilines is 1. The Kier molecular flexibility index (Phi) is 3.67. The molecule has 1 aliphatic heterocycles. The lowest BCUT2D eigenvalue weighted by molar-refractivity contribution is 0.362. The Bertz CT molecular complexity index is 423. The molecule has 1 unspecified atom stereocenters. The van der Waals surface area contributed by atoms with Gasteiger partial charge < -0.3 is 10.2 Å². The molecule has 0 aliphatic carbocycles. The molecule has 1 fully saturated rings. The van der Waals surface area contributed by atoms with Crippen LogP contribution in [-0.4, -0.2) is 25.7 Å². The largest absolute Gasteiger partial charge is 0.369 e. The minimum atomic E-state index is 0.320. The minimum Gasteiger partial charge on any atom is -0.369 e. The van der Waals surface area contributed by atoms with Gasteiger partial charge in [0.15, 0.2) is 0 Å². The summed E-state index contributed by atoms with van der Waals surface area (Å²) in [6.07, 6.45) is 0. The fraction of sp³-hybridized carbons (Fsp3) is 0.625. The molecule has 1 heterocycles. The van der Waals surface area contributed by atoms with Crippen LogP contribution in [0.3, 0.4) is 0 Å². The first kappa shape index (κ1) is 13.4. The van der Waals surface area contributed by atoms with E-state index in [-0.39, 0.29) is 0 Å². The standard InChI is InChI=1S/C16H26N2/c1-12-7-6-8-15(14(12)3)18-9-13(2)17-10-16(4,5)11-18/h6-8,13,17H,9-11H2,1-5H3. The first-order chi connectivity index (χ1) is 8.39. The van der Waals surface area contributed by atoms with Crippen LogP contribution in [0.5, 0.6) is 0 Å². The molecular formula is C16H26N2. The summed E-state index contributed by atoms with van der Waals surface area (Å²) in [6.45, 7) is 14.7. The molecule has 0 saturated carbocycles. The average molecular weight is 246 g/mol. The molecule has 100 valence electrons. The van der Waals surface area contributed by atoms with E-state index < -0.39 is 0 Å². The third-order valence-corrected chi connectivity index (χ3v) is 3.96. The summed E-state index contributed by atoms with van der Waals surface area (Å²) >= 11 is 0. The number of benzene rings is 1. The molecule has 1 atom stereocenters. The number of hydrogen-bond donors (Lipinski definition) is 1. The van der Waals surface area contributed by atoms with Crippen LogP contribution in [0, 0.1) is 19.3 Å². The van der Waals surface area contributed by atoms with Gasteiger partial charge in [0.2, 0.25) is 0 Å². The molecule has 18 heavy (non-hydrogen) atoms. The van der Waals surface area contributed by atoms with E-state index in [1.165, 1.54) is 16.8 Å². The van der Waals surface area contributed by atoms with Gasteiger partial charge in [0.25, 0.3) is 0 Å². The SMILES string of the molecule is Cc1cccc(N2CC(C)NCC(C)(C)C2)c1C. The number of rotatable bonds is 1. The Hall–Kier alpha value is -1.02. The Labute approximate surface area is 111 Å². The Morgan fingerprint density at radius 2 is 2.00 bits per heavy atom. The predicted molar refractivity (Wildman–Crippen MR) is 79.4 cm³/mol. The highest BCUT2D eigenvalue weighted by Crippen LogP contribution is 2.28. The molecule has 2 nitrogen and oxygen atoms in total. The molecule has 1 N–H and O–H groups in total. The molecule has 0 spiro atoms. The number of hydrogen-bond acceptors (Lipinski definition) is 2. The maximum atomic E-state index is 3.63. The zero-order valence-electron chi connectivity index (χ0n) is 12.4. The van der Waals surface area contributed by atoms with Gasteiger partial charge in [-0.3, -0.25) is 0 Å². The smallest absolute Gasteiger partial charge is 0.0399 e. The molecule has 1 saturated heterocycles. The maximum Gasteiger partial charge on any atom is 0.0399 e. The average Bonchev–Trinajstić information content (AvgIpc) is 2.42. The Morgan fingerprint density at radius 1 is 1.28 bits per heavy atom. The fourth-order valence-corrected chi connectivity index (χ4v) is 2.74. The number of nitrogens with zero attached hydrogens (tertiary/aromatic N) is 1. The zero-order chi connectivity index (χ0) is 13.3. The van der Waals surface area contributed by atoms with E-state index >= 15 is 0 Å². The van der Waals surface area contributed by atoms with Gasteiger partial charge in [-0.1, -0.05) is 26.0 Å². The summed E-state index contributed by atoms with van der Waals surface area (Å²) in [7, 11) is 0. The lowest BCUT2D eigenvalue weighted by Crippen LogP contribution is -2.36. The summed E-state index contributed by atoms with van der Waals surface area (Å²) < 4.78 is 0. The topological polar surface area (TPSA) is 15.3 Å². The van der Waals surface area contributed by atoms with Gasteiger partial charge in [0, 0.05) is 31.4 Å². The second-order valence-electron chi connectivity index (χ2n) is 6.55. The second-order valence-corrected chi connectivity index (χ2v) is 6.55. The molecule has 1 aliphatic rings. The van der Waals surface area contributed by atoms with Crippen molar-refractivity contribution in [1.29, 1.82) is 0 Å². The quantitative estimate of drug-likeness (QED) is 0.819. The normalized spacial score (nSPS) is 23.8. The van der Waals surface area contributed by atoms with Gasteiger partial charge in [0.05, 0.1) is 0 Å². The van der Waals surface area contributed by atoms with Crippen molar-refractivity contribution in [2.24, 2.45) is 5.41 Å². The van der Waals surface area contributed by atoms with E-state index in [0.29, 0.717) is 11.5 Å². The van der Waals surface area contributed by atoms with E-state index in [4.69, 9.17) is 0 Å². The highest BCUT2D eigenvalue weighted by molar-refractivity contribution is 5.56. The molecule has 0 radical (unpaired) electrons. The molecule has 1 aromatic rings. The predicted octanol–water partition coefficient (Wildman–Crippen LogP) is 3.13. The highest BCUT2D eigenvalue weighted by atomic mass is 15.2. The van der Waals surface area contributed by atoms with Crippen molar-refractivity contribution in [2.75, 3.05) is 24.5 Å². The van der Waals surface area contributed by atoms with E-state index in [0.717, 1.165) is 19.6 Å². The lowest BCUT2D eigenvalue weighted by atomic mass is 9.92. The fourth-order valence-electron chi connectivity index (χ4n) is 2.74. The van der Waals surface area contributed by atoms with Crippen LogP contribution in [0.4, 0.5) is 5.69 Å². The summed E-state index contributed by atoms with van der Waals surface area (Å²) in [5.74, 6) is 0. The van der Waals surface area contributed by atoms with Crippen molar-refractivity contribution < 1.29 is 0 Å². The molecule has 0 amide bonds. The first-order valence-electron chi connectivity index (χ1n) is 6.94. The van der Waals surface area contributed by atoms with Crippen LogP contribution in [0.15, 0.2) is 18.2 Å². The van der Waals surface area contributed by atoms with Crippen molar-refractivity contribution in [1.82, 2.24) is 5.32 Å². The monoisotopic (exact) mass is 246 g/mol. The van der Waals surface area contributed by atoms with Crippen molar-refractivity contribution in [3.63, 3.8) is 0 Å². The summed E-state index contributed by atoms with van der Waals surface area (Å²) in [5.41, 5.74) is 4.53. The zero-order valence-corrected chi connectivity index (χ0v) is 12.4. The Morgan fingerprint density at radius 3 is 2.72 bits per heavy atom. The van der Waals surface area contributed by atoms with Crippen LogP contribution in [0.1, 0.15) is 31.9 Å². The number of aryl methyl sites for hydroxylation is 1. The minimum absolute atomic E-state index is 0.320. The van der Waals surface area contributed by atoms with Crippen molar-refractivity contribution in [3.8, 4) is 0 Å². The van der Waals surface area contributed by atoms with Crippen LogP contribution in [0.25, 0.3) is 0 Å². The van der Waals surface area contributed by atoms with E-state index in [1.807, 2.05) is 0 Å². The molecule has 1 aromatic carbocycles. The van der Waals surface area contributed by atoms with E-state index in [9.17, 15) is 0 Å². The van der Waals surface area contributed by atoms with Crippen LogP contribution in [0.2, 0.25) is 0 Å². The first-order valence-corrected chi connectivity index (χ1v) is 6.94. The van der Waals surface area contributed by atoms with Gasteiger partial charge in [-0.15, -0.1) is 0 Å². The third kappa shape index (κ3) is 2.86. The molecular weight excluding hydrogens is 220 g/mol. The molecule has 0 aromatic heterocycles. The molecule has 2 heteroatoms. The van der Waals surface area contributed by atoms with Gasteiger partial charge >= 0.3 is 0 Å². The van der Waals surface area contributed by atoms with Crippen LogP contribution in [-0.2, 0) is 0 Å². The van der Waals surface area contributed by atoms with Gasteiger partial charge in [-0.25, -0.2) is 0 Å². The number of nitrogens with one attached hydrogen (secondary N) is 1. The second kappa shape index (κ2) is 4.93. The van der Waals surface area contributed by atoms with E-state index in [1.54, 1.807) is 0 Å². The van der Waals surface area contributed by atoms with Crippen molar-refractivity contribution in [3.05, 3.63) is 29.3 Å². The van der Waals surface area contributed by atoms with Gasteiger partial charge in [0.1, 0.15) is 0 Å². The summed E-state index contributed by atoms with van der Waals surface area (Å²) in [5, 5.41) is 3.63. The van der Waals surface area contributed by atoms with Crippen LogP contribution < -0.4 is 10.2 Å². The van der Waals surface area contributed by atoms with Crippen LogP contribution >= 0.6 is 0 Å². The van der Waals surface area contributed by atoms with Crippen molar-refractivity contribution >= 4 is 5.69 Å². The van der Waals surface area contributed by atoms with Gasteiger partial charge in [-0.2, -0.15) is 0 Å². The summed E-state index contributed by atoms with van der Waals surface area (Å²) in [6, 6.07) is 7.18. The van der Waals surface area contributed by atoms with Crippen molar-refractivity contribution in [2.45, 2.75) is 40.7 Å². The lowest BCUT2D eigenvalue weighted by Gasteiger charge is -2.32. The van der Waals surface area contributed by atoms with Gasteiger partial charge in [-0.05, 0) is 43.4 Å². The molecule has 0 bridgehead atoms. The van der Waals surface area contributed by atoms with E-state index in [2.05, 4.69) is 63.0 Å². The third-order valence-electron chi connectivity index (χ3n) is 3.96. The Balaban J connectivity index is 2.32. The highest BCUT2D eigenvalue weighted by Gasteiger charge is 2.27. The molecule has 2 rings (SSSR count).